The fourth-order valence-corrected chi connectivity index (χ4v) is 2.41. The molecule has 0 saturated heterocycles. The van der Waals surface area contributed by atoms with E-state index in [0.29, 0.717) is 22.1 Å². The van der Waals surface area contributed by atoms with E-state index in [4.69, 9.17) is 11.6 Å². The van der Waals surface area contributed by atoms with Crippen LogP contribution < -0.4 is 5.32 Å². The molecule has 0 radical (unpaired) electrons. The molecule has 0 aliphatic rings. The number of anilines is 1. The maximum absolute atomic E-state index is 13.5. The summed E-state index contributed by atoms with van der Waals surface area (Å²) in [7, 11) is 1.79. The molecular weight excluding hydrogens is 277 g/mol. The molecule has 0 atom stereocenters. The summed E-state index contributed by atoms with van der Waals surface area (Å²) in [5, 5.41) is 13.5. The Hall–Kier alpha value is -2.20. The van der Waals surface area contributed by atoms with E-state index < -0.39 is 5.82 Å². The molecule has 2 aromatic carbocycles. The minimum atomic E-state index is -0.393. The molecule has 3 aromatic rings. The van der Waals surface area contributed by atoms with E-state index in [1.165, 1.54) is 12.1 Å². The summed E-state index contributed by atoms with van der Waals surface area (Å²) in [6.07, 6.45) is 0. The topological polar surface area (TPSA) is 37.8 Å². The highest BCUT2D eigenvalue weighted by Crippen LogP contribution is 2.31. The van der Waals surface area contributed by atoms with Crippen molar-refractivity contribution in [1.29, 1.82) is 0 Å². The Labute approximate surface area is 120 Å². The number of nitrogens with zero attached hydrogens (tertiary/aromatic N) is 2. The van der Waals surface area contributed by atoms with Crippen LogP contribution in [0.4, 0.5) is 10.2 Å². The fourth-order valence-electron chi connectivity index (χ4n) is 2.19. The zero-order valence-electron chi connectivity index (χ0n) is 10.7. The van der Waals surface area contributed by atoms with Gasteiger partial charge in [-0.25, -0.2) is 4.39 Å². The van der Waals surface area contributed by atoms with Gasteiger partial charge >= 0.3 is 0 Å². The van der Waals surface area contributed by atoms with Crippen LogP contribution in [0.25, 0.3) is 22.0 Å². The lowest BCUT2D eigenvalue weighted by Gasteiger charge is -2.09. The van der Waals surface area contributed by atoms with E-state index in [-0.39, 0.29) is 0 Å². The normalized spacial score (nSPS) is 10.8. The van der Waals surface area contributed by atoms with Crippen LogP contribution >= 0.6 is 11.6 Å². The summed E-state index contributed by atoms with van der Waals surface area (Å²) in [6, 6.07) is 12.1. The zero-order valence-corrected chi connectivity index (χ0v) is 11.4. The molecule has 0 aliphatic heterocycles. The first-order chi connectivity index (χ1) is 9.69. The number of hydrogen-bond acceptors (Lipinski definition) is 3. The SMILES string of the molecule is CNc1nnc(-c2cc(F)cc(Cl)c2)c2ccccc12. The number of halogens is 2. The second-order valence-corrected chi connectivity index (χ2v) is 4.79. The Morgan fingerprint density at radius 2 is 1.80 bits per heavy atom. The lowest BCUT2D eigenvalue weighted by Crippen LogP contribution is -1.98. The molecular formula is C15H11ClFN3. The average Bonchev–Trinajstić information content (AvgIpc) is 2.45. The number of hydrogen-bond donors (Lipinski definition) is 1. The third-order valence-electron chi connectivity index (χ3n) is 3.06. The van der Waals surface area contributed by atoms with Gasteiger partial charge in [-0.3, -0.25) is 0 Å². The van der Waals surface area contributed by atoms with Crippen molar-refractivity contribution in [2.75, 3.05) is 12.4 Å². The average molecular weight is 288 g/mol. The molecule has 0 saturated carbocycles. The van der Waals surface area contributed by atoms with E-state index in [2.05, 4.69) is 15.5 Å². The molecule has 1 aromatic heterocycles. The van der Waals surface area contributed by atoms with Gasteiger partial charge in [-0.05, 0) is 18.2 Å². The molecule has 0 aliphatic carbocycles. The molecule has 1 N–H and O–H groups in total. The van der Waals surface area contributed by atoms with E-state index in [1.807, 2.05) is 24.3 Å². The summed E-state index contributed by atoms with van der Waals surface area (Å²) in [6.45, 7) is 0. The Morgan fingerprint density at radius 1 is 1.05 bits per heavy atom. The third-order valence-corrected chi connectivity index (χ3v) is 3.28. The van der Waals surface area contributed by atoms with Crippen LogP contribution in [-0.2, 0) is 0 Å². The highest BCUT2D eigenvalue weighted by atomic mass is 35.5. The molecule has 0 unspecified atom stereocenters. The highest BCUT2D eigenvalue weighted by Gasteiger charge is 2.11. The van der Waals surface area contributed by atoms with Crippen molar-refractivity contribution in [2.24, 2.45) is 0 Å². The van der Waals surface area contributed by atoms with E-state index in [1.54, 1.807) is 13.1 Å². The summed E-state index contributed by atoms with van der Waals surface area (Å²) >= 11 is 5.91. The lowest BCUT2D eigenvalue weighted by atomic mass is 10.0. The van der Waals surface area contributed by atoms with Gasteiger partial charge in [0.15, 0.2) is 5.82 Å². The number of benzene rings is 2. The molecule has 3 rings (SSSR count). The Kier molecular flexibility index (Phi) is 3.24. The number of nitrogens with one attached hydrogen (secondary N) is 1. The third kappa shape index (κ3) is 2.18. The van der Waals surface area contributed by atoms with Crippen molar-refractivity contribution in [3.05, 3.63) is 53.3 Å². The summed E-state index contributed by atoms with van der Waals surface area (Å²) in [4.78, 5) is 0. The second-order valence-electron chi connectivity index (χ2n) is 4.35. The first-order valence-corrected chi connectivity index (χ1v) is 6.46. The smallest absolute Gasteiger partial charge is 0.156 e. The minimum Gasteiger partial charge on any atom is -0.371 e. The van der Waals surface area contributed by atoms with Crippen molar-refractivity contribution in [2.45, 2.75) is 0 Å². The molecule has 3 nitrogen and oxygen atoms in total. The van der Waals surface area contributed by atoms with Crippen molar-refractivity contribution >= 4 is 28.2 Å². The first kappa shape index (κ1) is 12.8. The summed E-state index contributed by atoms with van der Waals surface area (Å²) in [5.74, 6) is 0.294. The quantitative estimate of drug-likeness (QED) is 0.770. The molecule has 0 fully saturated rings. The number of aromatic nitrogens is 2. The van der Waals surface area contributed by atoms with Crippen LogP contribution in [-0.4, -0.2) is 17.2 Å². The van der Waals surface area contributed by atoms with Crippen LogP contribution in [0.15, 0.2) is 42.5 Å². The largest absolute Gasteiger partial charge is 0.371 e. The van der Waals surface area contributed by atoms with Gasteiger partial charge in [0.1, 0.15) is 11.5 Å². The van der Waals surface area contributed by atoms with Gasteiger partial charge in [0.25, 0.3) is 0 Å². The molecule has 20 heavy (non-hydrogen) atoms. The second kappa shape index (κ2) is 5.06. The molecule has 0 bridgehead atoms. The summed E-state index contributed by atoms with van der Waals surface area (Å²) < 4.78 is 13.5. The van der Waals surface area contributed by atoms with Crippen LogP contribution in [0.3, 0.4) is 0 Å². The van der Waals surface area contributed by atoms with E-state index >= 15 is 0 Å². The zero-order chi connectivity index (χ0) is 14.1. The van der Waals surface area contributed by atoms with Gasteiger partial charge in [0.2, 0.25) is 0 Å². The molecule has 0 amide bonds. The van der Waals surface area contributed by atoms with Crippen LogP contribution in [0.5, 0.6) is 0 Å². The highest BCUT2D eigenvalue weighted by molar-refractivity contribution is 6.30. The molecule has 100 valence electrons. The van der Waals surface area contributed by atoms with Crippen LogP contribution in [0, 0.1) is 5.82 Å². The van der Waals surface area contributed by atoms with Gasteiger partial charge in [0, 0.05) is 28.4 Å². The van der Waals surface area contributed by atoms with Crippen molar-refractivity contribution in [1.82, 2.24) is 10.2 Å². The Bertz CT molecular complexity index is 769. The maximum atomic E-state index is 13.5. The standard InChI is InChI=1S/C15H11ClFN3/c1-18-15-13-5-3-2-4-12(13)14(19-20-15)9-6-10(16)8-11(17)7-9/h2-8H,1H3,(H,18,20). The fraction of sp³-hybridized carbons (Fsp3) is 0.0667. The molecule has 1 heterocycles. The van der Waals surface area contributed by atoms with Gasteiger partial charge in [-0.1, -0.05) is 35.9 Å². The van der Waals surface area contributed by atoms with Gasteiger partial charge < -0.3 is 5.32 Å². The van der Waals surface area contributed by atoms with Crippen molar-refractivity contribution in [3.8, 4) is 11.3 Å². The van der Waals surface area contributed by atoms with Crippen LogP contribution in [0.2, 0.25) is 5.02 Å². The number of fused-ring (bicyclic) bond motifs is 1. The Morgan fingerprint density at radius 3 is 2.50 bits per heavy atom. The van der Waals surface area contributed by atoms with Crippen molar-refractivity contribution < 1.29 is 4.39 Å². The van der Waals surface area contributed by atoms with Gasteiger partial charge in [-0.2, -0.15) is 0 Å². The van der Waals surface area contributed by atoms with Gasteiger partial charge in [-0.15, -0.1) is 10.2 Å². The molecule has 0 spiro atoms. The summed E-state index contributed by atoms with van der Waals surface area (Å²) in [5.41, 5.74) is 1.22. The monoisotopic (exact) mass is 287 g/mol. The van der Waals surface area contributed by atoms with Gasteiger partial charge in [0.05, 0.1) is 0 Å². The predicted octanol–water partition coefficient (Wildman–Crippen LogP) is 4.13. The first-order valence-electron chi connectivity index (χ1n) is 6.08. The van der Waals surface area contributed by atoms with Crippen LogP contribution in [0.1, 0.15) is 0 Å². The maximum Gasteiger partial charge on any atom is 0.156 e. The predicted molar refractivity (Wildman–Crippen MR) is 79.5 cm³/mol. The molecule has 5 heteroatoms. The number of rotatable bonds is 2. The van der Waals surface area contributed by atoms with Crippen molar-refractivity contribution in [3.63, 3.8) is 0 Å². The lowest BCUT2D eigenvalue weighted by molar-refractivity contribution is 0.628. The minimum absolute atomic E-state index is 0.337. The van der Waals surface area contributed by atoms with E-state index in [9.17, 15) is 4.39 Å². The van der Waals surface area contributed by atoms with E-state index in [0.717, 1.165) is 10.8 Å². The Balaban J connectivity index is 2.31.